The Bertz CT molecular complexity index is 565. The number of nitrogens with zero attached hydrogens (tertiary/aromatic N) is 2. The van der Waals surface area contributed by atoms with Crippen molar-refractivity contribution in [2.24, 2.45) is 0 Å². The SMILES string of the molecule is C[C@H]1C(=O)N(Cc2cccc(F)c2)CC(=O)N1CCCCCF. The monoisotopic (exact) mass is 324 g/mol. The summed E-state index contributed by atoms with van der Waals surface area (Å²) in [5.41, 5.74) is 0.662. The van der Waals surface area contributed by atoms with Crippen molar-refractivity contribution in [3.63, 3.8) is 0 Å². The zero-order valence-corrected chi connectivity index (χ0v) is 13.3. The number of hydrogen-bond acceptors (Lipinski definition) is 2. The lowest BCUT2D eigenvalue weighted by Gasteiger charge is -2.38. The fourth-order valence-electron chi connectivity index (χ4n) is 2.81. The molecule has 1 aliphatic heterocycles. The van der Waals surface area contributed by atoms with Crippen LogP contribution in [0.5, 0.6) is 0 Å². The summed E-state index contributed by atoms with van der Waals surface area (Å²) < 4.78 is 25.3. The van der Waals surface area contributed by atoms with Gasteiger partial charge in [0.2, 0.25) is 11.8 Å². The second kappa shape index (κ2) is 8.04. The molecule has 1 aromatic carbocycles. The largest absolute Gasteiger partial charge is 0.329 e. The molecule has 2 amide bonds. The molecule has 1 fully saturated rings. The average Bonchev–Trinajstić information content (AvgIpc) is 2.52. The molecule has 0 N–H and O–H groups in total. The molecule has 126 valence electrons. The van der Waals surface area contributed by atoms with Gasteiger partial charge in [-0.3, -0.25) is 14.0 Å². The van der Waals surface area contributed by atoms with Crippen LogP contribution in [0.2, 0.25) is 0 Å². The molecule has 0 aromatic heterocycles. The molecule has 1 aliphatic rings. The maximum Gasteiger partial charge on any atom is 0.245 e. The highest BCUT2D eigenvalue weighted by Gasteiger charge is 2.35. The first-order valence-electron chi connectivity index (χ1n) is 7.91. The predicted molar refractivity (Wildman–Crippen MR) is 82.8 cm³/mol. The minimum atomic E-state index is -0.532. The Balaban J connectivity index is 1.96. The van der Waals surface area contributed by atoms with Crippen LogP contribution in [0.15, 0.2) is 24.3 Å². The van der Waals surface area contributed by atoms with Gasteiger partial charge in [-0.25, -0.2) is 4.39 Å². The Morgan fingerprint density at radius 1 is 1.22 bits per heavy atom. The van der Waals surface area contributed by atoms with Crippen LogP contribution in [-0.4, -0.2) is 47.4 Å². The van der Waals surface area contributed by atoms with Crippen molar-refractivity contribution < 1.29 is 18.4 Å². The maximum atomic E-state index is 13.2. The van der Waals surface area contributed by atoms with Crippen LogP contribution >= 0.6 is 0 Å². The molecule has 0 spiro atoms. The number of amides is 2. The molecule has 23 heavy (non-hydrogen) atoms. The topological polar surface area (TPSA) is 40.6 Å². The quantitative estimate of drug-likeness (QED) is 0.723. The van der Waals surface area contributed by atoms with Gasteiger partial charge in [-0.2, -0.15) is 0 Å². The first-order chi connectivity index (χ1) is 11.0. The predicted octanol–water partition coefficient (Wildman–Crippen LogP) is 2.52. The lowest BCUT2D eigenvalue weighted by molar-refractivity contribution is -0.155. The summed E-state index contributed by atoms with van der Waals surface area (Å²) >= 11 is 0. The third kappa shape index (κ3) is 4.50. The van der Waals surface area contributed by atoms with Gasteiger partial charge in [0, 0.05) is 13.1 Å². The summed E-state index contributed by atoms with van der Waals surface area (Å²) in [5, 5.41) is 0. The van der Waals surface area contributed by atoms with Crippen molar-refractivity contribution in [2.45, 2.75) is 38.8 Å². The van der Waals surface area contributed by atoms with Crippen molar-refractivity contribution in [3.8, 4) is 0 Å². The van der Waals surface area contributed by atoms with E-state index in [1.165, 1.54) is 17.0 Å². The summed E-state index contributed by atoms with van der Waals surface area (Å²) in [4.78, 5) is 27.7. The first kappa shape index (κ1) is 17.4. The molecule has 0 unspecified atom stereocenters. The maximum absolute atomic E-state index is 13.2. The number of piperazine rings is 1. The van der Waals surface area contributed by atoms with E-state index in [9.17, 15) is 18.4 Å². The van der Waals surface area contributed by atoms with Crippen molar-refractivity contribution in [1.29, 1.82) is 0 Å². The molecule has 4 nitrogen and oxygen atoms in total. The van der Waals surface area contributed by atoms with Gasteiger partial charge in [-0.15, -0.1) is 0 Å². The number of carbonyl (C=O) groups is 2. The van der Waals surface area contributed by atoms with Gasteiger partial charge in [0.1, 0.15) is 18.4 Å². The molecular formula is C17H22F2N2O2. The van der Waals surface area contributed by atoms with Gasteiger partial charge in [-0.05, 0) is 43.9 Å². The average molecular weight is 324 g/mol. The van der Waals surface area contributed by atoms with Crippen molar-refractivity contribution >= 4 is 11.8 Å². The molecule has 0 saturated carbocycles. The van der Waals surface area contributed by atoms with Crippen molar-refractivity contribution in [3.05, 3.63) is 35.6 Å². The van der Waals surface area contributed by atoms with E-state index in [4.69, 9.17) is 0 Å². The van der Waals surface area contributed by atoms with Gasteiger partial charge < -0.3 is 9.80 Å². The standard InChI is InChI=1S/C17H22F2N2O2/c1-13-17(23)20(11-14-6-5-7-15(19)10-14)12-16(22)21(13)9-4-2-3-8-18/h5-7,10,13H,2-4,8-9,11-12H2,1H3/t13-/m0/s1. The van der Waals surface area contributed by atoms with Gasteiger partial charge in [0.25, 0.3) is 0 Å². The molecule has 0 radical (unpaired) electrons. The van der Waals surface area contributed by atoms with Crippen LogP contribution < -0.4 is 0 Å². The van der Waals surface area contributed by atoms with E-state index in [0.29, 0.717) is 31.4 Å². The number of carbonyl (C=O) groups excluding carboxylic acids is 2. The highest BCUT2D eigenvalue weighted by Crippen LogP contribution is 2.17. The molecule has 0 bridgehead atoms. The number of benzene rings is 1. The van der Waals surface area contributed by atoms with E-state index in [2.05, 4.69) is 0 Å². The molecule has 1 saturated heterocycles. The number of rotatable bonds is 7. The van der Waals surface area contributed by atoms with E-state index in [1.807, 2.05) is 0 Å². The summed E-state index contributed by atoms with van der Waals surface area (Å²) in [7, 11) is 0. The van der Waals surface area contributed by atoms with Crippen LogP contribution in [0.4, 0.5) is 8.78 Å². The third-order valence-corrected chi connectivity index (χ3v) is 4.08. The smallest absolute Gasteiger partial charge is 0.245 e. The fourth-order valence-corrected chi connectivity index (χ4v) is 2.81. The third-order valence-electron chi connectivity index (χ3n) is 4.08. The second-order valence-corrected chi connectivity index (χ2v) is 5.84. The second-order valence-electron chi connectivity index (χ2n) is 5.84. The minimum absolute atomic E-state index is 0.00278. The Kier molecular flexibility index (Phi) is 6.07. The zero-order valence-electron chi connectivity index (χ0n) is 13.3. The van der Waals surface area contributed by atoms with Gasteiger partial charge in [0.05, 0.1) is 6.67 Å². The van der Waals surface area contributed by atoms with Crippen molar-refractivity contribution in [2.75, 3.05) is 19.8 Å². The summed E-state index contributed by atoms with van der Waals surface area (Å²) in [6, 6.07) is 5.49. The highest BCUT2D eigenvalue weighted by atomic mass is 19.1. The molecule has 0 aliphatic carbocycles. The number of hydrogen-bond donors (Lipinski definition) is 0. The lowest BCUT2D eigenvalue weighted by atomic mass is 10.1. The number of alkyl halides is 1. The molecule has 2 rings (SSSR count). The van der Waals surface area contributed by atoms with E-state index in [-0.39, 0.29) is 37.4 Å². The summed E-state index contributed by atoms with van der Waals surface area (Å²) in [6.07, 6.45) is 1.88. The summed E-state index contributed by atoms with van der Waals surface area (Å²) in [5.74, 6) is -0.617. The Labute approximate surface area is 135 Å². The van der Waals surface area contributed by atoms with Crippen LogP contribution in [-0.2, 0) is 16.1 Å². The minimum Gasteiger partial charge on any atom is -0.329 e. The van der Waals surface area contributed by atoms with Crippen LogP contribution in [0.1, 0.15) is 31.7 Å². The number of halogens is 2. The van der Waals surface area contributed by atoms with Crippen LogP contribution in [0.3, 0.4) is 0 Å². The van der Waals surface area contributed by atoms with Crippen LogP contribution in [0, 0.1) is 5.82 Å². The van der Waals surface area contributed by atoms with E-state index < -0.39 is 6.04 Å². The van der Waals surface area contributed by atoms with E-state index in [1.54, 1.807) is 24.0 Å². The van der Waals surface area contributed by atoms with Crippen LogP contribution in [0.25, 0.3) is 0 Å². The summed E-state index contributed by atoms with van der Waals surface area (Å²) in [6.45, 7) is 2.04. The van der Waals surface area contributed by atoms with Crippen molar-refractivity contribution in [1.82, 2.24) is 9.80 Å². The first-order valence-corrected chi connectivity index (χ1v) is 7.91. The van der Waals surface area contributed by atoms with Gasteiger partial charge in [0.15, 0.2) is 0 Å². The highest BCUT2D eigenvalue weighted by molar-refractivity contribution is 5.94. The lowest BCUT2D eigenvalue weighted by Crippen LogP contribution is -2.58. The molecule has 1 aromatic rings. The van der Waals surface area contributed by atoms with E-state index >= 15 is 0 Å². The molecule has 1 atom stereocenters. The Hall–Kier alpha value is -1.98. The Morgan fingerprint density at radius 3 is 2.70 bits per heavy atom. The number of unbranched alkanes of at least 4 members (excludes halogenated alkanes) is 2. The Morgan fingerprint density at radius 2 is 2.00 bits per heavy atom. The van der Waals surface area contributed by atoms with Gasteiger partial charge >= 0.3 is 0 Å². The molecular weight excluding hydrogens is 302 g/mol. The zero-order chi connectivity index (χ0) is 16.8. The molecule has 1 heterocycles. The molecule has 6 heteroatoms. The normalized spacial score (nSPS) is 18.7. The van der Waals surface area contributed by atoms with Gasteiger partial charge in [-0.1, -0.05) is 12.1 Å². The van der Waals surface area contributed by atoms with E-state index in [0.717, 1.165) is 0 Å². The fraction of sp³-hybridized carbons (Fsp3) is 0.529.